The molecule has 1 fully saturated rings. The molecule has 3 aliphatic rings. The molecule has 5 rings (SSSR count). The van der Waals surface area contributed by atoms with E-state index in [2.05, 4.69) is 22.3 Å². The number of hydrogen-bond donors (Lipinski definition) is 2. The zero-order chi connectivity index (χ0) is 24.6. The summed E-state index contributed by atoms with van der Waals surface area (Å²) in [5.74, 6) is 5.13. The predicted molar refractivity (Wildman–Crippen MR) is 127 cm³/mol. The van der Waals surface area contributed by atoms with Gasteiger partial charge in [0.15, 0.2) is 0 Å². The molecule has 2 N–H and O–H groups in total. The van der Waals surface area contributed by atoms with Crippen molar-refractivity contribution in [2.24, 2.45) is 5.41 Å². The highest BCUT2D eigenvalue weighted by Gasteiger charge is 2.49. The van der Waals surface area contributed by atoms with E-state index in [1.807, 2.05) is 30.4 Å². The van der Waals surface area contributed by atoms with Gasteiger partial charge in [-0.05, 0) is 59.9 Å². The van der Waals surface area contributed by atoms with Gasteiger partial charge in [-0.3, -0.25) is 10.1 Å². The summed E-state index contributed by atoms with van der Waals surface area (Å²) in [6.45, 7) is 2.06. The summed E-state index contributed by atoms with van der Waals surface area (Å²) in [5.41, 5.74) is 3.22. The lowest BCUT2D eigenvalue weighted by atomic mass is 9.78. The molecular formula is C26H19ClN2O6. The van der Waals surface area contributed by atoms with Gasteiger partial charge in [-0.2, -0.15) is 0 Å². The molecule has 2 heterocycles. The van der Waals surface area contributed by atoms with E-state index in [9.17, 15) is 14.7 Å². The first-order valence-electron chi connectivity index (χ1n) is 10.7. The number of benzene rings is 1. The smallest absolute Gasteiger partial charge is 0.412 e. The number of ether oxygens (including phenoxy) is 2. The van der Waals surface area contributed by atoms with Gasteiger partial charge in [0, 0.05) is 16.2 Å². The number of carboxylic acids is 1. The average Bonchev–Trinajstić information content (AvgIpc) is 3.46. The van der Waals surface area contributed by atoms with Crippen molar-refractivity contribution >= 4 is 29.4 Å². The number of carbonyl (C=O) groups is 2. The number of anilines is 1. The number of carbonyl (C=O) groups excluding carboxylic acids is 1. The van der Waals surface area contributed by atoms with E-state index in [1.165, 1.54) is 6.20 Å². The van der Waals surface area contributed by atoms with Crippen molar-refractivity contribution < 1.29 is 28.7 Å². The summed E-state index contributed by atoms with van der Waals surface area (Å²) < 4.78 is 15.7. The molecule has 1 unspecified atom stereocenters. The van der Waals surface area contributed by atoms with Gasteiger partial charge < -0.3 is 19.1 Å². The minimum Gasteiger partial charge on any atom is -0.480 e. The number of nitrogens with zero attached hydrogens (tertiary/aromatic N) is 1. The molecular weight excluding hydrogens is 472 g/mol. The maximum absolute atomic E-state index is 12.4. The fourth-order valence-electron chi connectivity index (χ4n) is 3.95. The van der Waals surface area contributed by atoms with E-state index < -0.39 is 23.6 Å². The van der Waals surface area contributed by atoms with Crippen molar-refractivity contribution in [3.05, 3.63) is 93.4 Å². The Hall–Kier alpha value is -4.06. The quantitative estimate of drug-likeness (QED) is 0.578. The first kappa shape index (κ1) is 22.7. The number of aromatic nitrogens is 1. The Bertz CT molecular complexity index is 1410. The summed E-state index contributed by atoms with van der Waals surface area (Å²) in [6, 6.07) is 7.12. The number of halogens is 1. The monoisotopic (exact) mass is 490 g/mol. The van der Waals surface area contributed by atoms with Crippen LogP contribution in [-0.2, 0) is 14.3 Å². The van der Waals surface area contributed by atoms with Crippen LogP contribution in [0.5, 0.6) is 0 Å². The molecule has 9 heteroatoms. The highest BCUT2D eigenvalue weighted by atomic mass is 35.5. The van der Waals surface area contributed by atoms with Crippen molar-refractivity contribution in [2.45, 2.75) is 13.0 Å². The second kappa shape index (κ2) is 8.95. The van der Waals surface area contributed by atoms with Gasteiger partial charge in [0.25, 0.3) is 0 Å². The van der Waals surface area contributed by atoms with Gasteiger partial charge in [0.1, 0.15) is 17.2 Å². The van der Waals surface area contributed by atoms with Crippen LogP contribution in [0.1, 0.15) is 24.4 Å². The van der Waals surface area contributed by atoms with Crippen LogP contribution >= 0.6 is 11.6 Å². The number of fused-ring (bicyclic) bond motifs is 1. The largest absolute Gasteiger partial charge is 0.480 e. The number of aliphatic carboxylic acids is 1. The molecule has 1 amide bonds. The number of carboxylic acid groups (broad SMARTS) is 1. The Morgan fingerprint density at radius 2 is 1.94 bits per heavy atom. The lowest BCUT2D eigenvalue weighted by Gasteiger charge is -2.37. The minimum atomic E-state index is -0.976. The Kier molecular flexibility index (Phi) is 5.81. The van der Waals surface area contributed by atoms with E-state index in [-0.39, 0.29) is 24.7 Å². The summed E-state index contributed by atoms with van der Waals surface area (Å²) in [7, 11) is 0. The van der Waals surface area contributed by atoms with Crippen LogP contribution in [0.25, 0.3) is 0 Å². The topological polar surface area (TPSA) is 111 Å². The Morgan fingerprint density at radius 3 is 2.63 bits per heavy atom. The van der Waals surface area contributed by atoms with Crippen LogP contribution in [-0.4, -0.2) is 35.5 Å². The molecule has 1 aliphatic heterocycles. The van der Waals surface area contributed by atoms with Gasteiger partial charge in [0.05, 0.1) is 19.4 Å². The van der Waals surface area contributed by atoms with Crippen molar-refractivity contribution in [1.82, 2.24) is 5.16 Å². The van der Waals surface area contributed by atoms with E-state index in [0.717, 1.165) is 16.7 Å². The van der Waals surface area contributed by atoms with E-state index >= 15 is 0 Å². The summed E-state index contributed by atoms with van der Waals surface area (Å²) in [6.07, 6.45) is 7.52. The van der Waals surface area contributed by atoms with Gasteiger partial charge in [-0.15, -0.1) is 0 Å². The number of nitrogens with one attached hydrogen (secondary N) is 1. The third-order valence-electron chi connectivity index (χ3n) is 5.99. The van der Waals surface area contributed by atoms with Crippen LogP contribution in [0.3, 0.4) is 0 Å². The molecule has 35 heavy (non-hydrogen) atoms. The second-order valence-electron chi connectivity index (χ2n) is 8.29. The highest BCUT2D eigenvalue weighted by Crippen LogP contribution is 2.43. The lowest BCUT2D eigenvalue weighted by molar-refractivity contribution is -0.170. The summed E-state index contributed by atoms with van der Waals surface area (Å²) in [5, 5.41) is 16.4. The van der Waals surface area contributed by atoms with E-state index in [0.29, 0.717) is 16.2 Å². The molecule has 0 bridgehead atoms. The van der Waals surface area contributed by atoms with E-state index in [4.69, 9.17) is 25.6 Å². The van der Waals surface area contributed by atoms with Gasteiger partial charge in [0.2, 0.25) is 5.76 Å². The summed E-state index contributed by atoms with van der Waals surface area (Å²) in [4.78, 5) is 24.1. The van der Waals surface area contributed by atoms with Crippen LogP contribution in [0.2, 0.25) is 5.02 Å². The predicted octanol–water partition coefficient (Wildman–Crippen LogP) is 4.82. The summed E-state index contributed by atoms with van der Waals surface area (Å²) >= 11 is 6.16. The average molecular weight is 491 g/mol. The maximum atomic E-state index is 12.4. The van der Waals surface area contributed by atoms with E-state index in [1.54, 1.807) is 25.1 Å². The normalized spacial score (nSPS) is 18.0. The molecule has 0 saturated carbocycles. The molecule has 2 aliphatic carbocycles. The Morgan fingerprint density at radius 1 is 1.17 bits per heavy atom. The highest BCUT2D eigenvalue weighted by molar-refractivity contribution is 6.31. The zero-order valence-electron chi connectivity index (χ0n) is 18.5. The van der Waals surface area contributed by atoms with Crippen molar-refractivity contribution in [3.63, 3.8) is 0 Å². The van der Waals surface area contributed by atoms with Crippen LogP contribution in [0, 0.1) is 17.3 Å². The molecule has 0 radical (unpaired) electrons. The maximum Gasteiger partial charge on any atom is 0.412 e. The molecule has 0 spiro atoms. The standard InChI is InChI=1S/C26H19ClN2O6/c1-15(20-4-2-3-5-21(20)27)34-25(32)29-22-12-28-35-23(22)7-6-16-8-17-10-19(11-18(17)9-16)26(24(30)31)13-33-14-26/h2-5,8-12,15H,13-14H2,1H3,(H,29,32)(H,30,31). The number of allylic oxidation sites excluding steroid dienone is 7. The van der Waals surface area contributed by atoms with Crippen LogP contribution in [0.15, 0.2) is 81.6 Å². The van der Waals surface area contributed by atoms with Gasteiger partial charge in [-0.25, -0.2) is 4.79 Å². The molecule has 1 saturated heterocycles. The minimum absolute atomic E-state index is 0.169. The number of amides is 1. The first-order valence-corrected chi connectivity index (χ1v) is 11.1. The first-order chi connectivity index (χ1) is 16.9. The van der Waals surface area contributed by atoms with Crippen LogP contribution in [0.4, 0.5) is 10.5 Å². The molecule has 176 valence electrons. The zero-order valence-corrected chi connectivity index (χ0v) is 19.3. The third kappa shape index (κ3) is 4.28. The number of hydrogen-bond acceptors (Lipinski definition) is 6. The fourth-order valence-corrected chi connectivity index (χ4v) is 4.24. The third-order valence-corrected chi connectivity index (χ3v) is 6.33. The molecule has 1 aromatic carbocycles. The lowest BCUT2D eigenvalue weighted by Crippen LogP contribution is -2.49. The van der Waals surface area contributed by atoms with Crippen molar-refractivity contribution in [2.75, 3.05) is 18.5 Å². The SMILES string of the molecule is CC(OC(=O)Nc1cnoc1C#CC1=CC2=CC(C3(C(=O)O)COC3)=CC2=C1)c1ccccc1Cl. The molecule has 1 atom stereocenters. The molecule has 2 aromatic rings. The van der Waals surface area contributed by atoms with Crippen LogP contribution < -0.4 is 5.32 Å². The second-order valence-corrected chi connectivity index (χ2v) is 8.70. The van der Waals surface area contributed by atoms with Crippen molar-refractivity contribution in [3.8, 4) is 11.8 Å². The number of rotatable bonds is 5. The fraction of sp³-hybridized carbons (Fsp3) is 0.192. The van der Waals surface area contributed by atoms with Crippen molar-refractivity contribution in [1.29, 1.82) is 0 Å². The van der Waals surface area contributed by atoms with Gasteiger partial charge >= 0.3 is 12.1 Å². The Balaban J connectivity index is 1.24. The van der Waals surface area contributed by atoms with Gasteiger partial charge in [-0.1, -0.05) is 40.9 Å². The Labute approximate surface area is 205 Å². The molecule has 1 aromatic heterocycles. The molecule has 8 nitrogen and oxygen atoms in total.